The first kappa shape index (κ1) is 22.7. The van der Waals surface area contributed by atoms with Gasteiger partial charge in [-0.3, -0.25) is 14.9 Å². The third kappa shape index (κ3) is 6.26. The van der Waals surface area contributed by atoms with Gasteiger partial charge in [-0.2, -0.15) is 0 Å². The molecule has 0 bridgehead atoms. The summed E-state index contributed by atoms with van der Waals surface area (Å²) in [7, 11) is 1.57. The number of anilines is 2. The van der Waals surface area contributed by atoms with E-state index >= 15 is 0 Å². The molecule has 0 saturated heterocycles. The fourth-order valence-electron chi connectivity index (χ4n) is 2.95. The Morgan fingerprint density at radius 1 is 0.875 bits per heavy atom. The van der Waals surface area contributed by atoms with E-state index < -0.39 is 0 Å². The van der Waals surface area contributed by atoms with E-state index in [9.17, 15) is 9.59 Å². The molecule has 0 atom stereocenters. The van der Waals surface area contributed by atoms with Crippen molar-refractivity contribution in [3.63, 3.8) is 0 Å². The molecular weight excluding hydrogens is 422 g/mol. The number of hydrogen-bond acceptors (Lipinski definition) is 4. The number of para-hydroxylation sites is 1. The number of thiocarbonyl (C=S) groups is 1. The first-order valence-corrected chi connectivity index (χ1v) is 10.3. The lowest BCUT2D eigenvalue weighted by Gasteiger charge is -2.10. The van der Waals surface area contributed by atoms with E-state index in [2.05, 4.69) is 16.0 Å². The van der Waals surface area contributed by atoms with Crippen molar-refractivity contribution in [2.24, 2.45) is 0 Å². The minimum Gasteiger partial charge on any atom is -0.496 e. The summed E-state index contributed by atoms with van der Waals surface area (Å²) in [6.07, 6.45) is 3.04. The fraction of sp³-hybridized carbons (Fsp3) is 0.0800. The number of amides is 2. The van der Waals surface area contributed by atoms with E-state index in [0.717, 1.165) is 11.1 Å². The van der Waals surface area contributed by atoms with E-state index in [4.69, 9.17) is 17.0 Å². The van der Waals surface area contributed by atoms with Gasteiger partial charge in [0.15, 0.2) is 5.11 Å². The number of carbonyl (C=O) groups is 2. The van der Waals surface area contributed by atoms with Crippen molar-refractivity contribution in [1.29, 1.82) is 0 Å². The van der Waals surface area contributed by atoms with Crippen LogP contribution in [0.3, 0.4) is 0 Å². The molecule has 6 nitrogen and oxygen atoms in total. The summed E-state index contributed by atoms with van der Waals surface area (Å²) < 4.78 is 5.25. The molecule has 0 unspecified atom stereocenters. The highest BCUT2D eigenvalue weighted by Gasteiger charge is 2.09. The first-order valence-electron chi connectivity index (χ1n) is 9.86. The molecular formula is C25H23N3O3S. The Balaban J connectivity index is 1.53. The fourth-order valence-corrected chi connectivity index (χ4v) is 3.17. The number of methoxy groups -OCH3 is 1. The van der Waals surface area contributed by atoms with Crippen LogP contribution >= 0.6 is 12.2 Å². The minimum absolute atomic E-state index is 0.163. The quantitative estimate of drug-likeness (QED) is 0.376. The Morgan fingerprint density at radius 3 is 2.19 bits per heavy atom. The van der Waals surface area contributed by atoms with Gasteiger partial charge in [0.05, 0.1) is 7.11 Å². The number of benzene rings is 3. The second-order valence-electron chi connectivity index (χ2n) is 6.87. The zero-order valence-electron chi connectivity index (χ0n) is 17.7. The number of ether oxygens (including phenoxy) is 1. The van der Waals surface area contributed by atoms with Crippen molar-refractivity contribution in [2.75, 3.05) is 17.7 Å². The van der Waals surface area contributed by atoms with Crippen LogP contribution in [-0.2, 0) is 4.79 Å². The van der Waals surface area contributed by atoms with Gasteiger partial charge in [-0.25, -0.2) is 0 Å². The lowest BCUT2D eigenvalue weighted by atomic mass is 10.1. The van der Waals surface area contributed by atoms with E-state index in [0.29, 0.717) is 22.7 Å². The number of hydrogen-bond donors (Lipinski definition) is 3. The number of nitrogens with one attached hydrogen (secondary N) is 3. The van der Waals surface area contributed by atoms with Crippen LogP contribution in [0.5, 0.6) is 5.75 Å². The Labute approximate surface area is 192 Å². The van der Waals surface area contributed by atoms with Crippen molar-refractivity contribution >= 4 is 46.6 Å². The molecule has 32 heavy (non-hydrogen) atoms. The summed E-state index contributed by atoms with van der Waals surface area (Å²) in [5.41, 5.74) is 3.65. The molecule has 0 heterocycles. The van der Waals surface area contributed by atoms with Crippen LogP contribution < -0.4 is 20.7 Å². The Kier molecular flexibility index (Phi) is 7.72. The summed E-state index contributed by atoms with van der Waals surface area (Å²) >= 11 is 5.20. The Hall–Kier alpha value is -3.97. The molecule has 0 radical (unpaired) electrons. The van der Waals surface area contributed by atoms with E-state index in [1.54, 1.807) is 43.5 Å². The standard InChI is InChI=1S/C25H23N3O3S/c1-17-7-3-5-9-21(17)24(30)26-19-12-14-20(15-13-19)27-25(32)28-23(29)16-11-18-8-4-6-10-22(18)31-2/h3-16H,1-2H3,(H,26,30)(H2,27,28,29,32)/b16-11+. The third-order valence-corrected chi connectivity index (χ3v) is 4.78. The van der Waals surface area contributed by atoms with Gasteiger partial charge in [-0.1, -0.05) is 36.4 Å². The largest absolute Gasteiger partial charge is 0.496 e. The van der Waals surface area contributed by atoms with E-state index in [1.807, 2.05) is 49.4 Å². The molecule has 0 aliphatic heterocycles. The molecule has 0 saturated carbocycles. The normalized spacial score (nSPS) is 10.4. The molecule has 3 rings (SSSR count). The predicted molar refractivity (Wildman–Crippen MR) is 132 cm³/mol. The Bertz CT molecular complexity index is 1160. The average Bonchev–Trinajstić information content (AvgIpc) is 2.79. The molecule has 0 aromatic heterocycles. The van der Waals surface area contributed by atoms with Crippen LogP contribution in [0.15, 0.2) is 78.9 Å². The molecule has 3 aromatic rings. The molecule has 0 aliphatic rings. The lowest BCUT2D eigenvalue weighted by molar-refractivity contribution is -0.115. The number of carbonyl (C=O) groups excluding carboxylic acids is 2. The zero-order valence-corrected chi connectivity index (χ0v) is 18.5. The highest BCUT2D eigenvalue weighted by atomic mass is 32.1. The van der Waals surface area contributed by atoms with E-state index in [-0.39, 0.29) is 16.9 Å². The molecule has 0 fully saturated rings. The van der Waals surface area contributed by atoms with Gasteiger partial charge in [-0.05, 0) is 67.2 Å². The predicted octanol–water partition coefficient (Wildman–Crippen LogP) is 4.78. The van der Waals surface area contributed by atoms with Crippen molar-refractivity contribution in [3.05, 3.63) is 95.6 Å². The van der Waals surface area contributed by atoms with Gasteiger partial charge in [0.25, 0.3) is 5.91 Å². The molecule has 7 heteroatoms. The van der Waals surface area contributed by atoms with Crippen molar-refractivity contribution < 1.29 is 14.3 Å². The second-order valence-corrected chi connectivity index (χ2v) is 7.27. The summed E-state index contributed by atoms with van der Waals surface area (Å²) in [5.74, 6) is 0.135. The maximum Gasteiger partial charge on any atom is 0.255 e. The minimum atomic E-state index is -0.365. The molecule has 3 N–H and O–H groups in total. The number of rotatable bonds is 6. The van der Waals surface area contributed by atoms with Crippen molar-refractivity contribution in [2.45, 2.75) is 6.92 Å². The van der Waals surface area contributed by atoms with Gasteiger partial charge in [0, 0.05) is 28.6 Å². The molecule has 0 aliphatic carbocycles. The van der Waals surface area contributed by atoms with Crippen LogP contribution in [-0.4, -0.2) is 24.0 Å². The Morgan fingerprint density at radius 2 is 1.50 bits per heavy atom. The second kappa shape index (κ2) is 10.9. The summed E-state index contributed by atoms with van der Waals surface area (Å²) in [4.78, 5) is 24.6. The monoisotopic (exact) mass is 445 g/mol. The molecule has 3 aromatic carbocycles. The van der Waals surface area contributed by atoms with Crippen LogP contribution in [0.4, 0.5) is 11.4 Å². The van der Waals surface area contributed by atoms with Crippen LogP contribution in [0, 0.1) is 6.92 Å². The van der Waals surface area contributed by atoms with Crippen molar-refractivity contribution in [1.82, 2.24) is 5.32 Å². The molecule has 162 valence electrons. The summed E-state index contributed by atoms with van der Waals surface area (Å²) in [6.45, 7) is 1.89. The van der Waals surface area contributed by atoms with Gasteiger partial charge in [-0.15, -0.1) is 0 Å². The lowest BCUT2D eigenvalue weighted by Crippen LogP contribution is -2.32. The van der Waals surface area contributed by atoms with Crippen molar-refractivity contribution in [3.8, 4) is 5.75 Å². The average molecular weight is 446 g/mol. The molecule has 2 amide bonds. The van der Waals surface area contributed by atoms with Gasteiger partial charge >= 0.3 is 0 Å². The van der Waals surface area contributed by atoms with Crippen LogP contribution in [0.25, 0.3) is 6.08 Å². The molecule has 0 spiro atoms. The topological polar surface area (TPSA) is 79.5 Å². The first-order chi connectivity index (χ1) is 15.5. The highest BCUT2D eigenvalue weighted by Crippen LogP contribution is 2.18. The van der Waals surface area contributed by atoms with Crippen LogP contribution in [0.1, 0.15) is 21.5 Å². The van der Waals surface area contributed by atoms with E-state index in [1.165, 1.54) is 6.08 Å². The van der Waals surface area contributed by atoms with Gasteiger partial charge in [0.2, 0.25) is 5.91 Å². The summed E-state index contributed by atoms with van der Waals surface area (Å²) in [5, 5.41) is 8.57. The van der Waals surface area contributed by atoms with Gasteiger partial charge < -0.3 is 15.4 Å². The van der Waals surface area contributed by atoms with Gasteiger partial charge in [0.1, 0.15) is 5.75 Å². The number of aryl methyl sites for hydroxylation is 1. The smallest absolute Gasteiger partial charge is 0.255 e. The maximum atomic E-state index is 12.4. The highest BCUT2D eigenvalue weighted by molar-refractivity contribution is 7.80. The third-order valence-electron chi connectivity index (χ3n) is 4.58. The maximum absolute atomic E-state index is 12.4. The van der Waals surface area contributed by atoms with Crippen LogP contribution in [0.2, 0.25) is 0 Å². The SMILES string of the molecule is COc1ccccc1/C=C/C(=O)NC(=S)Nc1ccc(NC(=O)c2ccccc2C)cc1. The zero-order chi connectivity index (χ0) is 22.9. The summed E-state index contributed by atoms with van der Waals surface area (Å²) in [6, 6.07) is 21.8.